The maximum Gasteiger partial charge on any atom is 0.269 e. The molecule has 4 rings (SSSR count). The highest BCUT2D eigenvalue weighted by atomic mass is 35.5. The van der Waals surface area contributed by atoms with Gasteiger partial charge in [-0.25, -0.2) is 15.0 Å². The van der Waals surface area contributed by atoms with Crippen molar-refractivity contribution in [1.29, 1.82) is 0 Å². The van der Waals surface area contributed by atoms with E-state index in [1.54, 1.807) is 13.1 Å². The number of aromatic nitrogens is 3. The summed E-state index contributed by atoms with van der Waals surface area (Å²) in [7, 11) is 1.56. The smallest absolute Gasteiger partial charge is 0.269 e. The molecule has 8 heteroatoms. The second-order valence-corrected chi connectivity index (χ2v) is 7.02. The lowest BCUT2D eigenvalue weighted by molar-refractivity contribution is -0.0467. The maximum atomic E-state index is 11.8. The number of rotatable bonds is 3. The summed E-state index contributed by atoms with van der Waals surface area (Å²) in [6.45, 7) is 0.699. The highest BCUT2D eigenvalue weighted by Gasteiger charge is 2.35. The van der Waals surface area contributed by atoms with Crippen LogP contribution in [-0.4, -0.2) is 46.6 Å². The van der Waals surface area contributed by atoms with Gasteiger partial charge in [-0.05, 0) is 36.6 Å². The van der Waals surface area contributed by atoms with Gasteiger partial charge >= 0.3 is 0 Å². The highest BCUT2D eigenvalue weighted by Crippen LogP contribution is 2.34. The Morgan fingerprint density at radius 1 is 1.27 bits per heavy atom. The summed E-state index contributed by atoms with van der Waals surface area (Å²) < 4.78 is 6.11. The molecule has 136 valence electrons. The summed E-state index contributed by atoms with van der Waals surface area (Å²) in [4.78, 5) is 24.4. The molecule has 2 N–H and O–H groups in total. The summed E-state index contributed by atoms with van der Waals surface area (Å²) >= 11 is 6.27. The summed E-state index contributed by atoms with van der Waals surface area (Å²) in [5.74, 6) is -0.274. The van der Waals surface area contributed by atoms with Gasteiger partial charge in [0, 0.05) is 19.1 Å². The van der Waals surface area contributed by atoms with Crippen molar-refractivity contribution < 1.29 is 9.53 Å². The Kier molecular flexibility index (Phi) is 4.84. The van der Waals surface area contributed by atoms with E-state index in [1.807, 2.05) is 12.1 Å². The van der Waals surface area contributed by atoms with Crippen LogP contribution in [0.25, 0.3) is 11.4 Å². The molecule has 0 aliphatic carbocycles. The number of amides is 1. The fourth-order valence-corrected chi connectivity index (χ4v) is 3.87. The molecular formula is C18H20ClN5O2. The predicted molar refractivity (Wildman–Crippen MR) is 96.9 cm³/mol. The Labute approximate surface area is 156 Å². The van der Waals surface area contributed by atoms with Crippen LogP contribution < -0.4 is 10.6 Å². The second-order valence-electron chi connectivity index (χ2n) is 6.63. The monoisotopic (exact) mass is 373 g/mol. The number of nitrogens with zero attached hydrogens (tertiary/aromatic N) is 3. The number of ether oxygens (including phenoxy) is 1. The van der Waals surface area contributed by atoms with Gasteiger partial charge in [-0.3, -0.25) is 4.79 Å². The van der Waals surface area contributed by atoms with Crippen LogP contribution in [0.5, 0.6) is 0 Å². The van der Waals surface area contributed by atoms with Gasteiger partial charge in [0.15, 0.2) is 0 Å². The van der Waals surface area contributed by atoms with Crippen LogP contribution in [0.15, 0.2) is 24.5 Å². The van der Waals surface area contributed by atoms with Crippen molar-refractivity contribution >= 4 is 17.5 Å². The molecule has 2 saturated heterocycles. The van der Waals surface area contributed by atoms with E-state index in [2.05, 4.69) is 25.6 Å². The van der Waals surface area contributed by atoms with Gasteiger partial charge in [-0.1, -0.05) is 18.0 Å². The first-order valence-corrected chi connectivity index (χ1v) is 9.11. The number of carbonyl (C=O) groups excluding carboxylic acids is 1. The van der Waals surface area contributed by atoms with E-state index in [0.717, 1.165) is 18.4 Å². The molecule has 2 aromatic heterocycles. The number of fused-ring (bicyclic) bond motifs is 2. The Morgan fingerprint density at radius 2 is 2.15 bits per heavy atom. The Balaban J connectivity index is 1.67. The van der Waals surface area contributed by atoms with Crippen LogP contribution in [0.2, 0.25) is 5.15 Å². The molecule has 4 heterocycles. The van der Waals surface area contributed by atoms with Crippen LogP contribution in [0, 0.1) is 0 Å². The lowest BCUT2D eigenvalue weighted by Crippen LogP contribution is -2.53. The Morgan fingerprint density at radius 3 is 3.00 bits per heavy atom. The lowest BCUT2D eigenvalue weighted by atomic mass is 9.89. The van der Waals surface area contributed by atoms with Crippen molar-refractivity contribution in [3.05, 3.63) is 40.9 Å². The first-order chi connectivity index (χ1) is 12.6. The number of morpholine rings is 1. The van der Waals surface area contributed by atoms with Crippen LogP contribution in [0.1, 0.15) is 41.4 Å². The minimum absolute atomic E-state index is 0.0638. The van der Waals surface area contributed by atoms with E-state index in [4.69, 9.17) is 16.3 Å². The summed E-state index contributed by atoms with van der Waals surface area (Å²) in [6, 6.07) is 6.10. The molecule has 0 aromatic carbocycles. The largest absolute Gasteiger partial charge is 0.370 e. The van der Waals surface area contributed by atoms with Gasteiger partial charge in [0.05, 0.1) is 24.1 Å². The van der Waals surface area contributed by atoms with E-state index in [-0.39, 0.29) is 23.7 Å². The van der Waals surface area contributed by atoms with E-state index >= 15 is 0 Å². The number of hydrogen-bond donors (Lipinski definition) is 2. The van der Waals surface area contributed by atoms with Gasteiger partial charge in [0.25, 0.3) is 5.91 Å². The van der Waals surface area contributed by atoms with Crippen LogP contribution in [0.4, 0.5) is 0 Å². The first kappa shape index (κ1) is 17.3. The van der Waals surface area contributed by atoms with Crippen LogP contribution in [0.3, 0.4) is 0 Å². The molecule has 2 aromatic rings. The minimum Gasteiger partial charge on any atom is -0.370 e. The molecule has 2 bridgehead atoms. The second kappa shape index (κ2) is 7.26. The van der Waals surface area contributed by atoms with Gasteiger partial charge in [-0.2, -0.15) is 0 Å². The summed E-state index contributed by atoms with van der Waals surface area (Å²) in [6.07, 6.45) is 4.73. The topological polar surface area (TPSA) is 89.0 Å². The molecular weight excluding hydrogens is 354 g/mol. The first-order valence-electron chi connectivity index (χ1n) is 8.73. The van der Waals surface area contributed by atoms with Crippen molar-refractivity contribution in [3.63, 3.8) is 0 Å². The lowest BCUT2D eigenvalue weighted by Gasteiger charge is -2.41. The zero-order valence-electron chi connectivity index (χ0n) is 14.4. The fraction of sp³-hybridized carbons (Fsp3) is 0.444. The molecule has 1 amide bonds. The number of halogens is 1. The molecule has 0 spiro atoms. The van der Waals surface area contributed by atoms with Crippen LogP contribution in [-0.2, 0) is 4.74 Å². The third-order valence-electron chi connectivity index (χ3n) is 4.89. The molecule has 26 heavy (non-hydrogen) atoms. The average Bonchev–Trinajstić information content (AvgIpc) is 2.67. The third kappa shape index (κ3) is 3.42. The minimum atomic E-state index is -0.274. The van der Waals surface area contributed by atoms with Crippen molar-refractivity contribution in [2.24, 2.45) is 0 Å². The number of nitrogens with one attached hydrogen (secondary N) is 2. The third-order valence-corrected chi connectivity index (χ3v) is 5.09. The van der Waals surface area contributed by atoms with Crippen molar-refractivity contribution in [2.45, 2.75) is 37.5 Å². The van der Waals surface area contributed by atoms with Crippen molar-refractivity contribution in [1.82, 2.24) is 25.6 Å². The molecule has 2 aliphatic heterocycles. The summed E-state index contributed by atoms with van der Waals surface area (Å²) in [5, 5.41) is 6.57. The van der Waals surface area contributed by atoms with Gasteiger partial charge in [-0.15, -0.1) is 0 Å². The predicted octanol–water partition coefficient (Wildman–Crippen LogP) is 2.13. The Bertz CT molecular complexity index is 831. The standard InChI is InChI=1S/C18H20ClN5O2/c1-20-18(25)15-7-13(21-9-22-15)14-5-10(6-16(19)24-14)17-12-4-2-3-11(23-12)8-26-17/h5-7,9,11-12,17,23H,2-4,8H2,1H3,(H,20,25). The molecule has 0 radical (unpaired) electrons. The molecule has 2 aliphatic rings. The fourth-order valence-electron chi connectivity index (χ4n) is 3.65. The van der Waals surface area contributed by atoms with Crippen molar-refractivity contribution in [2.75, 3.05) is 13.7 Å². The highest BCUT2D eigenvalue weighted by molar-refractivity contribution is 6.29. The number of hydrogen-bond acceptors (Lipinski definition) is 6. The van der Waals surface area contributed by atoms with Gasteiger partial charge in [0.1, 0.15) is 17.2 Å². The van der Waals surface area contributed by atoms with E-state index in [9.17, 15) is 4.79 Å². The van der Waals surface area contributed by atoms with E-state index < -0.39 is 0 Å². The zero-order valence-corrected chi connectivity index (χ0v) is 15.2. The van der Waals surface area contributed by atoms with E-state index in [1.165, 1.54) is 12.7 Å². The van der Waals surface area contributed by atoms with Crippen LogP contribution >= 0.6 is 11.6 Å². The molecule has 3 atom stereocenters. The number of piperidine rings is 1. The SMILES string of the molecule is CNC(=O)c1cc(-c2cc(C3OCC4CCCC3N4)cc(Cl)n2)ncn1. The molecule has 0 saturated carbocycles. The quantitative estimate of drug-likeness (QED) is 0.801. The number of carbonyl (C=O) groups is 1. The van der Waals surface area contributed by atoms with Crippen molar-refractivity contribution in [3.8, 4) is 11.4 Å². The number of pyridine rings is 1. The van der Waals surface area contributed by atoms with E-state index in [0.29, 0.717) is 29.2 Å². The normalized spacial score (nSPS) is 24.9. The maximum absolute atomic E-state index is 11.8. The average molecular weight is 374 g/mol. The molecule has 7 nitrogen and oxygen atoms in total. The molecule has 2 fully saturated rings. The molecule has 3 unspecified atom stereocenters. The summed E-state index contributed by atoms with van der Waals surface area (Å²) in [5.41, 5.74) is 2.40. The van der Waals surface area contributed by atoms with Gasteiger partial charge < -0.3 is 15.4 Å². The zero-order chi connectivity index (χ0) is 18.1. The van der Waals surface area contributed by atoms with Gasteiger partial charge in [0.2, 0.25) is 0 Å². The Hall–Kier alpha value is -2.09.